The van der Waals surface area contributed by atoms with Crippen LogP contribution in [0, 0.1) is 17.2 Å². The smallest absolute Gasteiger partial charge is 0.227 e. The molecular formula is C29H32N6O3S. The molecule has 5 heterocycles. The highest BCUT2D eigenvalue weighted by atomic mass is 32.2. The minimum absolute atomic E-state index is 0.0615. The van der Waals surface area contributed by atoms with Crippen molar-refractivity contribution in [1.29, 1.82) is 5.26 Å². The molecule has 2 saturated heterocycles. The minimum Gasteiger partial charge on any atom is -0.493 e. The molecular weight excluding hydrogens is 512 g/mol. The van der Waals surface area contributed by atoms with E-state index in [1.807, 2.05) is 18.6 Å². The van der Waals surface area contributed by atoms with Crippen LogP contribution in [0.5, 0.6) is 5.75 Å². The molecule has 0 amide bonds. The summed E-state index contributed by atoms with van der Waals surface area (Å²) in [6.07, 6.45) is 9.17. The van der Waals surface area contributed by atoms with Crippen molar-refractivity contribution >= 4 is 32.0 Å². The van der Waals surface area contributed by atoms with Gasteiger partial charge in [0.2, 0.25) is 10.0 Å². The monoisotopic (exact) mass is 544 g/mol. The molecule has 3 aromatic heterocycles. The van der Waals surface area contributed by atoms with E-state index in [-0.39, 0.29) is 11.8 Å². The quantitative estimate of drug-likeness (QED) is 0.370. The molecule has 0 aliphatic carbocycles. The van der Waals surface area contributed by atoms with Gasteiger partial charge in [0, 0.05) is 42.2 Å². The van der Waals surface area contributed by atoms with Crippen molar-refractivity contribution in [2.45, 2.75) is 31.6 Å². The first-order valence-electron chi connectivity index (χ1n) is 13.5. The maximum absolute atomic E-state index is 13.4. The molecule has 0 bridgehead atoms. The first kappa shape index (κ1) is 25.7. The molecule has 0 saturated carbocycles. The Kier molecular flexibility index (Phi) is 7.21. The molecule has 2 aliphatic heterocycles. The number of rotatable bonds is 7. The van der Waals surface area contributed by atoms with Crippen LogP contribution in [0.2, 0.25) is 0 Å². The molecule has 1 unspecified atom stereocenters. The molecule has 9 nitrogen and oxygen atoms in total. The van der Waals surface area contributed by atoms with E-state index in [9.17, 15) is 8.42 Å². The predicted molar refractivity (Wildman–Crippen MR) is 150 cm³/mol. The third kappa shape index (κ3) is 5.48. The van der Waals surface area contributed by atoms with Gasteiger partial charge in [-0.05, 0) is 86.7 Å². The van der Waals surface area contributed by atoms with Crippen LogP contribution in [-0.2, 0) is 10.0 Å². The maximum Gasteiger partial charge on any atom is 0.227 e. The van der Waals surface area contributed by atoms with Gasteiger partial charge in [0.05, 0.1) is 30.0 Å². The molecule has 1 atom stereocenters. The molecule has 202 valence electrons. The lowest BCUT2D eigenvalue weighted by atomic mass is 9.87. The predicted octanol–water partition coefficient (Wildman–Crippen LogP) is 4.24. The zero-order valence-electron chi connectivity index (χ0n) is 21.8. The molecule has 10 heteroatoms. The van der Waals surface area contributed by atoms with Crippen LogP contribution in [-0.4, -0.2) is 71.2 Å². The van der Waals surface area contributed by atoms with Crippen molar-refractivity contribution in [3.8, 4) is 11.8 Å². The Hall–Kier alpha value is -3.52. The van der Waals surface area contributed by atoms with Crippen LogP contribution in [0.25, 0.3) is 21.9 Å². The number of aromatic amines is 1. The molecule has 2 aliphatic rings. The average Bonchev–Trinajstić information content (AvgIpc) is 3.46. The number of ether oxygens (including phenoxy) is 1. The summed E-state index contributed by atoms with van der Waals surface area (Å²) in [6.45, 7) is 3.00. The largest absolute Gasteiger partial charge is 0.493 e. The lowest BCUT2D eigenvalue weighted by Gasteiger charge is -2.36. The van der Waals surface area contributed by atoms with Gasteiger partial charge < -0.3 is 9.72 Å². The number of hydrogen-bond donors (Lipinski definition) is 1. The summed E-state index contributed by atoms with van der Waals surface area (Å²) in [5.41, 5.74) is 3.62. The van der Waals surface area contributed by atoms with Gasteiger partial charge in [0.1, 0.15) is 17.3 Å². The van der Waals surface area contributed by atoms with E-state index < -0.39 is 10.0 Å². The Labute approximate surface area is 228 Å². The number of nitrogens with zero attached hydrogens (tertiary/aromatic N) is 5. The summed E-state index contributed by atoms with van der Waals surface area (Å²) in [4.78, 5) is 14.3. The third-order valence-corrected chi connectivity index (χ3v) is 9.85. The van der Waals surface area contributed by atoms with Crippen molar-refractivity contribution in [2.24, 2.45) is 5.92 Å². The molecule has 4 aromatic rings. The van der Waals surface area contributed by atoms with Crippen LogP contribution in [0.3, 0.4) is 0 Å². The zero-order valence-corrected chi connectivity index (χ0v) is 22.6. The van der Waals surface area contributed by atoms with Crippen molar-refractivity contribution in [3.05, 3.63) is 66.1 Å². The minimum atomic E-state index is -3.40. The summed E-state index contributed by atoms with van der Waals surface area (Å²) in [7, 11) is -3.40. The molecule has 39 heavy (non-hydrogen) atoms. The van der Waals surface area contributed by atoms with Gasteiger partial charge >= 0.3 is 0 Å². The van der Waals surface area contributed by atoms with E-state index in [4.69, 9.17) is 10.00 Å². The standard InChI is InChI=1S/C29H32N6O3S/c30-16-21-3-5-24(6-4-21)38-19-22-2-1-13-35(18-22)39(36,37)20-34-14-9-23(10-15-34)25-7-11-31-27-17-33-29-26(28(25)27)8-12-32-29/h3-8,11-12,17,22-23H,1-2,9-10,13-15,18-20H2,(H,32,33). The number of nitriles is 1. The van der Waals surface area contributed by atoms with Gasteiger partial charge in [-0.1, -0.05) is 0 Å². The second-order valence-corrected chi connectivity index (χ2v) is 12.5. The highest BCUT2D eigenvalue weighted by Gasteiger charge is 2.32. The van der Waals surface area contributed by atoms with Gasteiger partial charge in [0.15, 0.2) is 0 Å². The molecule has 0 radical (unpaired) electrons. The Morgan fingerprint density at radius 3 is 2.67 bits per heavy atom. The summed E-state index contributed by atoms with van der Waals surface area (Å²) in [5.74, 6) is 1.27. The van der Waals surface area contributed by atoms with Crippen LogP contribution in [0.4, 0.5) is 0 Å². The van der Waals surface area contributed by atoms with Crippen LogP contribution in [0.1, 0.15) is 42.7 Å². The fraction of sp³-hybridized carbons (Fsp3) is 0.414. The van der Waals surface area contributed by atoms with Gasteiger partial charge in [-0.15, -0.1) is 0 Å². The maximum atomic E-state index is 13.4. The van der Waals surface area contributed by atoms with E-state index in [0.29, 0.717) is 36.9 Å². The Morgan fingerprint density at radius 1 is 1.05 bits per heavy atom. The number of H-pyrrole nitrogens is 1. The highest BCUT2D eigenvalue weighted by Crippen LogP contribution is 2.35. The summed E-state index contributed by atoms with van der Waals surface area (Å²) >= 11 is 0. The second-order valence-electron chi connectivity index (χ2n) is 10.6. The zero-order chi connectivity index (χ0) is 26.8. The summed E-state index contributed by atoms with van der Waals surface area (Å²) in [5, 5.41) is 11.2. The number of piperidine rings is 2. The van der Waals surface area contributed by atoms with Gasteiger partial charge in [0.25, 0.3) is 0 Å². The number of sulfonamides is 1. The van der Waals surface area contributed by atoms with Gasteiger partial charge in [-0.2, -0.15) is 5.26 Å². The first-order valence-corrected chi connectivity index (χ1v) is 15.1. The van der Waals surface area contributed by atoms with Crippen molar-refractivity contribution < 1.29 is 13.2 Å². The number of benzene rings is 1. The number of hydrogen-bond acceptors (Lipinski definition) is 7. The number of likely N-dealkylation sites (tertiary alicyclic amines) is 1. The van der Waals surface area contributed by atoms with Crippen molar-refractivity contribution in [3.63, 3.8) is 0 Å². The van der Waals surface area contributed by atoms with Gasteiger partial charge in [-0.25, -0.2) is 17.7 Å². The van der Waals surface area contributed by atoms with Crippen LogP contribution in [0.15, 0.2) is 55.0 Å². The molecule has 6 rings (SSSR count). The average molecular weight is 545 g/mol. The lowest BCUT2D eigenvalue weighted by molar-refractivity contribution is 0.176. The van der Waals surface area contributed by atoms with E-state index in [2.05, 4.69) is 38.1 Å². The second kappa shape index (κ2) is 10.9. The number of aromatic nitrogens is 3. The third-order valence-electron chi connectivity index (χ3n) is 8.04. The Balaban J connectivity index is 1.06. The normalized spacial score (nSPS) is 19.8. The number of fused-ring (bicyclic) bond motifs is 3. The van der Waals surface area contributed by atoms with E-state index in [0.717, 1.165) is 60.7 Å². The lowest BCUT2D eigenvalue weighted by Crippen LogP contribution is -2.47. The SMILES string of the molecule is N#Cc1ccc(OCC2CCCN(S(=O)(=O)CN3CCC(c4ccnc5cnc6[nH]ccc6c45)CC3)C2)cc1. The van der Waals surface area contributed by atoms with Crippen LogP contribution >= 0.6 is 0 Å². The number of nitrogens with one attached hydrogen (secondary N) is 1. The van der Waals surface area contributed by atoms with Gasteiger partial charge in [-0.3, -0.25) is 9.88 Å². The van der Waals surface area contributed by atoms with Crippen LogP contribution < -0.4 is 4.74 Å². The molecule has 1 N–H and O–H groups in total. The molecule has 2 fully saturated rings. The van der Waals surface area contributed by atoms with Crippen molar-refractivity contribution in [1.82, 2.24) is 24.2 Å². The Morgan fingerprint density at radius 2 is 1.87 bits per heavy atom. The molecule has 1 aromatic carbocycles. The fourth-order valence-electron chi connectivity index (χ4n) is 5.96. The van der Waals surface area contributed by atoms with Crippen molar-refractivity contribution in [2.75, 3.05) is 38.7 Å². The van der Waals surface area contributed by atoms with E-state index >= 15 is 0 Å². The highest BCUT2D eigenvalue weighted by molar-refractivity contribution is 7.89. The summed E-state index contributed by atoms with van der Waals surface area (Å²) < 4.78 is 34.3. The summed E-state index contributed by atoms with van der Waals surface area (Å²) in [6, 6.07) is 13.3. The topological polar surface area (TPSA) is 115 Å². The number of pyridine rings is 2. The first-order chi connectivity index (χ1) is 19.0. The Bertz CT molecular complexity index is 1600. The molecule has 0 spiro atoms. The fourth-order valence-corrected chi connectivity index (χ4v) is 7.69. The van der Waals surface area contributed by atoms with E-state index in [1.165, 1.54) is 5.56 Å². The van der Waals surface area contributed by atoms with E-state index in [1.54, 1.807) is 28.6 Å².